The molecule has 4 rings (SSSR count). The van der Waals surface area contributed by atoms with Crippen LogP contribution in [0.3, 0.4) is 0 Å². The van der Waals surface area contributed by atoms with Crippen LogP contribution in [0.4, 0.5) is 36.4 Å². The zero-order valence-corrected chi connectivity index (χ0v) is 27.5. The van der Waals surface area contributed by atoms with Crippen LogP contribution in [0.15, 0.2) is 36.4 Å². The number of thiophene rings is 1. The monoisotopic (exact) mass is 697 g/mol. The highest BCUT2D eigenvalue weighted by molar-refractivity contribution is 7.16. The molecule has 1 saturated heterocycles. The Labute approximate surface area is 277 Å². The second kappa shape index (κ2) is 14.3. The predicted molar refractivity (Wildman–Crippen MR) is 167 cm³/mol. The standard InChI is InChI=1S/C34H34F7N3O3S/c1-5-47-28(46)18-44-10-8-20(9-11-44)30-26(16-42)29(31(48-30)25-7-6-24(35)12-19(25)2)43-17-27(45)32(3,4)21-13-22(33(36,37)38)15-23(14-21)34(39,40)41/h6-7,12-15,20,43H,5,8-11,17-18H2,1-4H3. The van der Waals surface area contributed by atoms with Crippen LogP contribution >= 0.6 is 11.3 Å². The lowest BCUT2D eigenvalue weighted by Crippen LogP contribution is -2.37. The van der Waals surface area contributed by atoms with Crippen molar-refractivity contribution in [1.82, 2.24) is 4.90 Å². The number of benzene rings is 2. The van der Waals surface area contributed by atoms with Crippen molar-refractivity contribution in [2.24, 2.45) is 0 Å². The number of rotatable bonds is 10. The van der Waals surface area contributed by atoms with Gasteiger partial charge in [0.25, 0.3) is 0 Å². The fraction of sp³-hybridized carbons (Fsp3) is 0.441. The lowest BCUT2D eigenvalue weighted by molar-refractivity contribution is -0.145. The number of carbonyl (C=O) groups excluding carboxylic acids is 2. The van der Waals surface area contributed by atoms with E-state index in [9.17, 15) is 45.6 Å². The van der Waals surface area contributed by atoms with Gasteiger partial charge in [-0.1, -0.05) is 6.07 Å². The number of likely N-dealkylation sites (tertiary alicyclic amines) is 1. The molecule has 1 N–H and O–H groups in total. The Bertz CT molecular complexity index is 1680. The van der Waals surface area contributed by atoms with E-state index >= 15 is 0 Å². The normalized spacial score (nSPS) is 14.9. The predicted octanol–water partition coefficient (Wildman–Crippen LogP) is 8.47. The van der Waals surface area contributed by atoms with Crippen LogP contribution < -0.4 is 5.32 Å². The van der Waals surface area contributed by atoms with Crippen LogP contribution in [0.5, 0.6) is 0 Å². The zero-order valence-electron chi connectivity index (χ0n) is 26.7. The number of piperidine rings is 1. The van der Waals surface area contributed by atoms with Gasteiger partial charge in [-0.3, -0.25) is 14.5 Å². The fourth-order valence-corrected chi connectivity index (χ4v) is 7.18. The summed E-state index contributed by atoms with van der Waals surface area (Å²) in [6, 6.07) is 7.41. The van der Waals surface area contributed by atoms with Crippen LogP contribution in [0.1, 0.15) is 72.2 Å². The van der Waals surface area contributed by atoms with E-state index < -0.39 is 52.6 Å². The van der Waals surface area contributed by atoms with Gasteiger partial charge in [-0.05, 0) is 107 Å². The van der Waals surface area contributed by atoms with Crippen molar-refractivity contribution in [3.63, 3.8) is 0 Å². The molecule has 0 atom stereocenters. The first-order chi connectivity index (χ1) is 22.4. The van der Waals surface area contributed by atoms with E-state index in [0.717, 1.165) is 0 Å². The van der Waals surface area contributed by atoms with Gasteiger partial charge in [0, 0.05) is 4.88 Å². The van der Waals surface area contributed by atoms with Crippen LogP contribution in [0.2, 0.25) is 0 Å². The summed E-state index contributed by atoms with van der Waals surface area (Å²) in [5.41, 5.74) is -3.67. The molecular weight excluding hydrogens is 663 g/mol. The number of alkyl halides is 6. The lowest BCUT2D eigenvalue weighted by Gasteiger charge is -2.30. The molecule has 1 aromatic heterocycles. The van der Waals surface area contributed by atoms with Crippen molar-refractivity contribution in [3.05, 3.63) is 74.9 Å². The van der Waals surface area contributed by atoms with Gasteiger partial charge in [-0.15, -0.1) is 11.3 Å². The maximum Gasteiger partial charge on any atom is 0.416 e. The van der Waals surface area contributed by atoms with E-state index in [-0.39, 0.29) is 42.4 Å². The van der Waals surface area contributed by atoms with Crippen molar-refractivity contribution >= 4 is 28.8 Å². The first-order valence-electron chi connectivity index (χ1n) is 15.1. The topological polar surface area (TPSA) is 82.4 Å². The number of nitrogens with zero attached hydrogens (tertiary/aromatic N) is 2. The number of carbonyl (C=O) groups is 2. The highest BCUT2D eigenvalue weighted by atomic mass is 32.1. The summed E-state index contributed by atoms with van der Waals surface area (Å²) in [6.45, 7) is 6.89. The molecule has 0 amide bonds. The number of Topliss-reactive ketones (excluding diaryl/α,β-unsaturated/α-hetero) is 1. The molecular formula is C34H34F7N3O3S. The Kier molecular flexibility index (Phi) is 11.0. The molecule has 0 saturated carbocycles. The van der Waals surface area contributed by atoms with Gasteiger partial charge in [0.05, 0.1) is 52.4 Å². The van der Waals surface area contributed by atoms with Crippen molar-refractivity contribution in [2.75, 3.05) is 38.1 Å². The van der Waals surface area contributed by atoms with Gasteiger partial charge in [0.2, 0.25) is 0 Å². The molecule has 0 aliphatic carbocycles. The zero-order chi connectivity index (χ0) is 35.6. The Hall–Kier alpha value is -3.96. The Morgan fingerprint density at radius 1 is 1.00 bits per heavy atom. The molecule has 1 aliphatic heterocycles. The van der Waals surface area contributed by atoms with Gasteiger partial charge in [-0.25, -0.2) is 4.39 Å². The Balaban J connectivity index is 1.68. The number of aryl methyl sites for hydroxylation is 1. The molecule has 0 bridgehead atoms. The summed E-state index contributed by atoms with van der Waals surface area (Å²) in [5.74, 6) is -1.62. The van der Waals surface area contributed by atoms with E-state index in [1.54, 1.807) is 19.9 Å². The van der Waals surface area contributed by atoms with E-state index in [2.05, 4.69) is 11.4 Å². The molecule has 48 heavy (non-hydrogen) atoms. The number of nitriles is 1. The summed E-state index contributed by atoms with van der Waals surface area (Å²) in [7, 11) is 0. The Morgan fingerprint density at radius 3 is 2.10 bits per heavy atom. The van der Waals surface area contributed by atoms with Crippen molar-refractivity contribution in [2.45, 2.75) is 64.2 Å². The summed E-state index contributed by atoms with van der Waals surface area (Å²) in [5, 5.41) is 13.3. The minimum Gasteiger partial charge on any atom is -0.465 e. The highest BCUT2D eigenvalue weighted by Gasteiger charge is 2.40. The van der Waals surface area contributed by atoms with Crippen molar-refractivity contribution < 1.29 is 45.1 Å². The molecule has 1 aliphatic rings. The highest BCUT2D eigenvalue weighted by Crippen LogP contribution is 2.47. The molecule has 14 heteroatoms. The second-order valence-electron chi connectivity index (χ2n) is 12.2. The van der Waals surface area contributed by atoms with Gasteiger partial charge < -0.3 is 10.1 Å². The minimum atomic E-state index is -5.08. The molecule has 2 heterocycles. The smallest absolute Gasteiger partial charge is 0.416 e. The molecule has 6 nitrogen and oxygen atoms in total. The first-order valence-corrected chi connectivity index (χ1v) is 16.0. The Morgan fingerprint density at radius 2 is 1.58 bits per heavy atom. The number of hydrogen-bond donors (Lipinski definition) is 1. The molecule has 1 fully saturated rings. The van der Waals surface area contributed by atoms with Gasteiger partial charge in [0.15, 0.2) is 5.78 Å². The lowest BCUT2D eigenvalue weighted by atomic mass is 9.79. The average molecular weight is 698 g/mol. The average Bonchev–Trinajstić information content (AvgIpc) is 3.37. The number of hydrogen-bond acceptors (Lipinski definition) is 7. The van der Waals surface area contributed by atoms with E-state index in [1.807, 2.05) is 4.90 Å². The van der Waals surface area contributed by atoms with Crippen LogP contribution in [0, 0.1) is 24.1 Å². The van der Waals surface area contributed by atoms with Crippen LogP contribution in [-0.4, -0.2) is 49.4 Å². The molecule has 258 valence electrons. The summed E-state index contributed by atoms with van der Waals surface area (Å²) in [6.07, 6.45) is -8.95. The van der Waals surface area contributed by atoms with Gasteiger partial charge in [0.1, 0.15) is 11.9 Å². The number of esters is 1. The van der Waals surface area contributed by atoms with Crippen LogP contribution in [-0.2, 0) is 32.1 Å². The SMILES string of the molecule is CCOC(=O)CN1CCC(c2sc(-c3ccc(F)cc3C)c(NCC(=O)C(C)(C)c3cc(C(F)(F)F)cc(C(F)(F)F)c3)c2C#N)CC1. The molecule has 3 aromatic rings. The summed E-state index contributed by atoms with van der Waals surface area (Å²) >= 11 is 1.30. The minimum absolute atomic E-state index is 0.00696. The molecule has 0 spiro atoms. The number of anilines is 1. The quantitative estimate of drug-likeness (QED) is 0.169. The third-order valence-electron chi connectivity index (χ3n) is 8.53. The van der Waals surface area contributed by atoms with Gasteiger partial charge >= 0.3 is 18.3 Å². The molecule has 0 radical (unpaired) electrons. The number of ether oxygens (including phenoxy) is 1. The summed E-state index contributed by atoms with van der Waals surface area (Å²) in [4.78, 5) is 28.8. The largest absolute Gasteiger partial charge is 0.465 e. The first kappa shape index (κ1) is 36.9. The van der Waals surface area contributed by atoms with E-state index in [4.69, 9.17) is 4.74 Å². The van der Waals surface area contributed by atoms with Gasteiger partial charge in [-0.2, -0.15) is 31.6 Å². The van der Waals surface area contributed by atoms with Crippen molar-refractivity contribution in [3.8, 4) is 16.5 Å². The van der Waals surface area contributed by atoms with E-state index in [0.29, 0.717) is 58.9 Å². The molecule has 0 unspecified atom stereocenters. The van der Waals surface area contributed by atoms with Crippen LogP contribution in [0.25, 0.3) is 10.4 Å². The second-order valence-corrected chi connectivity index (χ2v) is 13.2. The number of halogens is 7. The third kappa shape index (κ3) is 8.18. The maximum atomic E-state index is 14.0. The molecule has 2 aromatic carbocycles. The fourth-order valence-electron chi connectivity index (χ4n) is 5.70. The number of ketones is 1. The van der Waals surface area contributed by atoms with E-state index in [1.165, 1.54) is 37.3 Å². The maximum absolute atomic E-state index is 14.0. The number of nitrogens with one attached hydrogen (secondary N) is 1. The third-order valence-corrected chi connectivity index (χ3v) is 9.91. The van der Waals surface area contributed by atoms with Crippen molar-refractivity contribution in [1.29, 1.82) is 5.26 Å². The summed E-state index contributed by atoms with van der Waals surface area (Å²) < 4.78 is 100.